The fraction of sp³-hybridized carbons (Fsp3) is 0.200. The van der Waals surface area contributed by atoms with Gasteiger partial charge in [0.1, 0.15) is 0 Å². The molecule has 3 unspecified atom stereocenters. The Hall–Kier alpha value is -5.08. The normalized spacial score (nSPS) is 22.1. The quantitative estimate of drug-likeness (QED) is 0.182. The van der Waals surface area contributed by atoms with Gasteiger partial charge in [0.05, 0.1) is 11.0 Å². The van der Waals surface area contributed by atoms with Crippen molar-refractivity contribution in [3.63, 3.8) is 0 Å². The monoisotopic (exact) mass is 606 g/mol. The van der Waals surface area contributed by atoms with Crippen LogP contribution in [0.25, 0.3) is 38.6 Å². The molecule has 0 radical (unpaired) electrons. The van der Waals surface area contributed by atoms with Crippen molar-refractivity contribution in [2.45, 2.75) is 50.5 Å². The van der Waals surface area contributed by atoms with Gasteiger partial charge in [0.15, 0.2) is 0 Å². The van der Waals surface area contributed by atoms with E-state index in [-0.39, 0.29) is 5.41 Å². The lowest BCUT2D eigenvalue weighted by atomic mass is 9.78. The third-order valence-corrected chi connectivity index (χ3v) is 11.6. The van der Waals surface area contributed by atoms with Gasteiger partial charge in [-0.1, -0.05) is 111 Å². The minimum atomic E-state index is -0.00587. The topological polar surface area (TPSA) is 8.17 Å². The van der Waals surface area contributed by atoms with Gasteiger partial charge >= 0.3 is 0 Å². The molecule has 10 rings (SSSR count). The second-order valence-corrected chi connectivity index (χ2v) is 14.4. The van der Waals surface area contributed by atoms with E-state index in [1.807, 2.05) is 0 Å². The van der Waals surface area contributed by atoms with Crippen molar-refractivity contribution < 1.29 is 0 Å². The molecular formula is C45H38N2. The largest absolute Gasteiger partial charge is 0.341 e. The van der Waals surface area contributed by atoms with Crippen LogP contribution in [0.5, 0.6) is 0 Å². The maximum Gasteiger partial charge on any atom is 0.0541 e. The number of hydrogen-bond donors (Lipinski definition) is 0. The van der Waals surface area contributed by atoms with Gasteiger partial charge < -0.3 is 9.47 Å². The number of aromatic nitrogens is 1. The lowest BCUT2D eigenvalue weighted by Gasteiger charge is -2.37. The molecule has 3 aliphatic carbocycles. The van der Waals surface area contributed by atoms with Crippen LogP contribution >= 0.6 is 0 Å². The van der Waals surface area contributed by atoms with Crippen LogP contribution in [-0.2, 0) is 5.41 Å². The van der Waals surface area contributed by atoms with E-state index in [9.17, 15) is 0 Å². The van der Waals surface area contributed by atoms with Crippen LogP contribution < -0.4 is 4.90 Å². The summed E-state index contributed by atoms with van der Waals surface area (Å²) >= 11 is 0. The molecule has 1 aromatic heterocycles. The third-order valence-electron chi connectivity index (χ3n) is 11.6. The molecule has 228 valence electrons. The smallest absolute Gasteiger partial charge is 0.0541 e. The van der Waals surface area contributed by atoms with Crippen LogP contribution in [0.4, 0.5) is 5.69 Å². The van der Waals surface area contributed by atoms with E-state index in [2.05, 4.69) is 163 Å². The standard InChI is InChI=1S/C45H38N2/c1-45(2)39-17-9-6-14-33(39)34-24-22-32(28-40(34)45)47-41-18-10-7-15-35(41)37-23-20-30(27-44(37)47)29-21-25-43-38(26-29)36-16-8-11-19-42(36)46(43)31-12-4-3-5-13-31/h3-9,11-17,19-26,28,30,37,44H,10,18,27H2,1-2H3. The first-order valence-electron chi connectivity index (χ1n) is 17.3. The van der Waals surface area contributed by atoms with Crippen LogP contribution in [0.1, 0.15) is 55.7 Å². The molecule has 0 fully saturated rings. The van der Waals surface area contributed by atoms with E-state index in [1.165, 1.54) is 72.3 Å². The summed E-state index contributed by atoms with van der Waals surface area (Å²) in [7, 11) is 0. The SMILES string of the molecule is CC1(C)c2ccccc2-c2ccc(N3C4=C(C=CCC4)C4C=CC(c5ccc6c(c5)c5ccccc5n6-c5ccccc5)CC43)cc21. The third kappa shape index (κ3) is 3.85. The van der Waals surface area contributed by atoms with Crippen LogP contribution in [0.3, 0.4) is 0 Å². The van der Waals surface area contributed by atoms with E-state index in [0.29, 0.717) is 17.9 Å². The van der Waals surface area contributed by atoms with E-state index >= 15 is 0 Å². The van der Waals surface area contributed by atoms with Gasteiger partial charge in [-0.25, -0.2) is 0 Å². The van der Waals surface area contributed by atoms with Crippen molar-refractivity contribution in [3.8, 4) is 16.8 Å². The molecule has 2 heteroatoms. The van der Waals surface area contributed by atoms with Gasteiger partial charge in [-0.2, -0.15) is 0 Å². The van der Waals surface area contributed by atoms with Crippen molar-refractivity contribution in [2.75, 3.05) is 4.90 Å². The number of para-hydroxylation sites is 2. The minimum Gasteiger partial charge on any atom is -0.341 e. The molecule has 0 amide bonds. The van der Waals surface area contributed by atoms with Crippen LogP contribution in [0.2, 0.25) is 0 Å². The molecule has 4 aliphatic rings. The summed E-state index contributed by atoms with van der Waals surface area (Å²) < 4.78 is 2.41. The molecule has 2 nitrogen and oxygen atoms in total. The average Bonchev–Trinajstić information content (AvgIpc) is 3.71. The second kappa shape index (κ2) is 9.96. The first-order chi connectivity index (χ1) is 23.1. The highest BCUT2D eigenvalue weighted by Crippen LogP contribution is 2.53. The van der Waals surface area contributed by atoms with Crippen LogP contribution in [0, 0.1) is 5.92 Å². The summed E-state index contributed by atoms with van der Waals surface area (Å²) in [6.45, 7) is 4.79. The second-order valence-electron chi connectivity index (χ2n) is 14.4. The Labute approximate surface area is 277 Å². The van der Waals surface area contributed by atoms with Gasteiger partial charge in [0.2, 0.25) is 0 Å². The number of anilines is 1. The Morgan fingerprint density at radius 2 is 1.45 bits per heavy atom. The lowest BCUT2D eigenvalue weighted by Crippen LogP contribution is -2.37. The summed E-state index contributed by atoms with van der Waals surface area (Å²) in [5, 5.41) is 2.65. The number of allylic oxidation sites excluding steroid dienone is 4. The number of fused-ring (bicyclic) bond motifs is 8. The first-order valence-corrected chi connectivity index (χ1v) is 17.3. The van der Waals surface area contributed by atoms with Gasteiger partial charge in [0, 0.05) is 51.1 Å². The highest BCUT2D eigenvalue weighted by molar-refractivity contribution is 6.09. The Balaban J connectivity index is 1.06. The Kier molecular flexibility index (Phi) is 5.74. The molecule has 1 aliphatic heterocycles. The van der Waals surface area contributed by atoms with Crippen molar-refractivity contribution in [1.29, 1.82) is 0 Å². The average molecular weight is 607 g/mol. The predicted octanol–water partition coefficient (Wildman–Crippen LogP) is 11.2. The van der Waals surface area contributed by atoms with E-state index in [4.69, 9.17) is 0 Å². The number of benzene rings is 5. The van der Waals surface area contributed by atoms with Gasteiger partial charge in [0.25, 0.3) is 0 Å². The summed E-state index contributed by atoms with van der Waals surface area (Å²) in [6.07, 6.45) is 13.2. The number of nitrogens with zero attached hydrogens (tertiary/aromatic N) is 2. The molecular weight excluding hydrogens is 569 g/mol. The van der Waals surface area contributed by atoms with Crippen molar-refractivity contribution in [1.82, 2.24) is 4.57 Å². The number of rotatable bonds is 3. The van der Waals surface area contributed by atoms with Gasteiger partial charge in [-0.3, -0.25) is 0 Å². The zero-order valence-corrected chi connectivity index (χ0v) is 27.0. The van der Waals surface area contributed by atoms with Crippen LogP contribution in [0.15, 0.2) is 151 Å². The molecule has 5 aromatic carbocycles. The summed E-state index contributed by atoms with van der Waals surface area (Å²) in [5.74, 6) is 0.794. The number of hydrogen-bond acceptors (Lipinski definition) is 1. The molecule has 0 saturated carbocycles. The fourth-order valence-electron chi connectivity index (χ4n) is 9.39. The molecule has 0 bridgehead atoms. The predicted molar refractivity (Wildman–Crippen MR) is 196 cm³/mol. The maximum absolute atomic E-state index is 2.75. The maximum atomic E-state index is 2.75. The highest BCUT2D eigenvalue weighted by atomic mass is 15.2. The Bertz CT molecular complexity index is 2330. The molecule has 0 N–H and O–H groups in total. The zero-order valence-electron chi connectivity index (χ0n) is 27.0. The first kappa shape index (κ1) is 27.1. The molecule has 0 saturated heterocycles. The fourth-order valence-corrected chi connectivity index (χ4v) is 9.39. The van der Waals surface area contributed by atoms with E-state index < -0.39 is 0 Å². The molecule has 3 atom stereocenters. The Morgan fingerprint density at radius 1 is 0.660 bits per heavy atom. The van der Waals surface area contributed by atoms with E-state index in [0.717, 1.165) is 19.3 Å². The Morgan fingerprint density at radius 3 is 2.36 bits per heavy atom. The molecule has 47 heavy (non-hydrogen) atoms. The van der Waals surface area contributed by atoms with Crippen LogP contribution in [-0.4, -0.2) is 10.6 Å². The summed E-state index contributed by atoms with van der Waals surface area (Å²) in [4.78, 5) is 2.75. The minimum absolute atomic E-state index is 0.00587. The van der Waals surface area contributed by atoms with Gasteiger partial charge in [-0.15, -0.1) is 0 Å². The summed E-state index contributed by atoms with van der Waals surface area (Å²) in [5.41, 5.74) is 15.2. The lowest BCUT2D eigenvalue weighted by molar-refractivity contribution is 0.492. The van der Waals surface area contributed by atoms with Gasteiger partial charge in [-0.05, 0) is 95.1 Å². The summed E-state index contributed by atoms with van der Waals surface area (Å²) in [6, 6.07) is 43.6. The molecule has 2 heterocycles. The van der Waals surface area contributed by atoms with Crippen molar-refractivity contribution >= 4 is 27.5 Å². The molecule has 0 spiro atoms. The zero-order chi connectivity index (χ0) is 31.3. The highest BCUT2D eigenvalue weighted by Gasteiger charge is 2.43. The van der Waals surface area contributed by atoms with Crippen molar-refractivity contribution in [2.24, 2.45) is 5.92 Å². The van der Waals surface area contributed by atoms with Crippen molar-refractivity contribution in [3.05, 3.63) is 168 Å². The molecule has 6 aromatic rings. The van der Waals surface area contributed by atoms with E-state index in [1.54, 1.807) is 0 Å².